The summed E-state index contributed by atoms with van der Waals surface area (Å²) < 4.78 is 38.8. The minimum absolute atomic E-state index is 0.116. The smallest absolute Gasteiger partial charge is 0.321 e. The zero-order valence-electron chi connectivity index (χ0n) is 12.5. The van der Waals surface area contributed by atoms with Crippen LogP contribution in [-0.4, -0.2) is 40.6 Å². The van der Waals surface area contributed by atoms with Gasteiger partial charge >= 0.3 is 6.55 Å². The number of aromatic amines is 1. The summed E-state index contributed by atoms with van der Waals surface area (Å²) in [5.41, 5.74) is 3.90. The van der Waals surface area contributed by atoms with Gasteiger partial charge in [-0.2, -0.15) is 8.78 Å². The van der Waals surface area contributed by atoms with Crippen LogP contribution < -0.4 is 16.6 Å². The van der Waals surface area contributed by atoms with E-state index in [0.29, 0.717) is 6.07 Å². The van der Waals surface area contributed by atoms with E-state index in [1.807, 2.05) is 4.98 Å². The number of carbonyl (C=O) groups excluding carboxylic acids is 1. The van der Waals surface area contributed by atoms with Gasteiger partial charge in [0.15, 0.2) is 5.82 Å². The summed E-state index contributed by atoms with van der Waals surface area (Å²) in [5, 5.41) is 17.2. The van der Waals surface area contributed by atoms with Crippen LogP contribution in [0.15, 0.2) is 28.8 Å². The largest absolute Gasteiger partial charge is 0.404 e. The zero-order chi connectivity index (χ0) is 18.4. The van der Waals surface area contributed by atoms with Gasteiger partial charge in [-0.05, 0) is 13.0 Å². The third kappa shape index (κ3) is 4.44. The Bertz CT molecular complexity index is 743. The molecule has 0 fully saturated rings. The highest BCUT2D eigenvalue weighted by molar-refractivity contribution is 6.06. The third-order valence-electron chi connectivity index (χ3n) is 2.86. The fraction of sp³-hybridized carbons (Fsp3) is 0.231. The Morgan fingerprint density at radius 2 is 2.12 bits per heavy atom. The molecular formula is C13H15F3N6O2. The molecule has 0 bridgehead atoms. The lowest BCUT2D eigenvalue weighted by molar-refractivity contribution is 0.0613. The molecule has 1 aromatic heterocycles. The Kier molecular flexibility index (Phi) is 6.27. The molecule has 0 saturated carbocycles. The molecule has 130 valence electrons. The van der Waals surface area contributed by atoms with Crippen LogP contribution in [0.5, 0.6) is 0 Å². The van der Waals surface area contributed by atoms with Crippen molar-refractivity contribution in [2.24, 2.45) is 5.73 Å². The van der Waals surface area contributed by atoms with E-state index in [1.54, 1.807) is 0 Å². The monoisotopic (exact) mass is 344 g/mol. The van der Waals surface area contributed by atoms with Crippen LogP contribution in [0, 0.1) is 16.6 Å². The molecule has 1 amide bonds. The number of amidine groups is 2. The molecule has 0 spiro atoms. The van der Waals surface area contributed by atoms with Crippen LogP contribution in [0.2, 0.25) is 0 Å². The number of nitrogens with two attached hydrogens (primary N) is 1. The van der Waals surface area contributed by atoms with Crippen molar-refractivity contribution < 1.29 is 18.0 Å². The van der Waals surface area contributed by atoms with Gasteiger partial charge in [0.25, 0.3) is 11.5 Å². The van der Waals surface area contributed by atoms with Gasteiger partial charge in [-0.25, -0.2) is 4.39 Å². The number of nitrogens with one attached hydrogen (secondary N) is 4. The average molecular weight is 344 g/mol. The Labute approximate surface area is 134 Å². The second kappa shape index (κ2) is 7.94. The predicted molar refractivity (Wildman–Crippen MR) is 80.6 cm³/mol. The third-order valence-corrected chi connectivity index (χ3v) is 2.86. The van der Waals surface area contributed by atoms with Crippen LogP contribution in [0.25, 0.3) is 0 Å². The van der Waals surface area contributed by atoms with Crippen molar-refractivity contribution in [2.45, 2.75) is 13.5 Å². The molecule has 1 rings (SSSR count). The summed E-state index contributed by atoms with van der Waals surface area (Å²) >= 11 is 0. The molecule has 1 heterocycles. The maximum Gasteiger partial charge on any atom is 0.321 e. The highest BCUT2D eigenvalue weighted by Crippen LogP contribution is 2.10. The minimum atomic E-state index is -3.13. The first-order valence-electron chi connectivity index (χ1n) is 6.47. The lowest BCUT2D eigenvalue weighted by Crippen LogP contribution is -2.42. The summed E-state index contributed by atoms with van der Waals surface area (Å²) in [7, 11) is 0. The molecule has 0 aliphatic carbocycles. The number of pyridine rings is 1. The summed E-state index contributed by atoms with van der Waals surface area (Å²) in [5.74, 6) is -3.31. The van der Waals surface area contributed by atoms with Crippen molar-refractivity contribution in [3.05, 3.63) is 45.8 Å². The molecule has 0 aliphatic heterocycles. The zero-order valence-corrected chi connectivity index (χ0v) is 12.5. The fourth-order valence-electron chi connectivity index (χ4n) is 1.65. The molecule has 0 aromatic carbocycles. The van der Waals surface area contributed by atoms with Crippen molar-refractivity contribution in [1.82, 2.24) is 15.2 Å². The molecule has 1 aromatic rings. The van der Waals surface area contributed by atoms with Gasteiger partial charge in [-0.3, -0.25) is 25.3 Å². The molecule has 0 saturated heterocycles. The lowest BCUT2D eigenvalue weighted by atomic mass is 10.2. The first kappa shape index (κ1) is 18.9. The molecule has 24 heavy (non-hydrogen) atoms. The van der Waals surface area contributed by atoms with E-state index in [1.165, 1.54) is 0 Å². The number of H-pyrrole nitrogens is 1. The van der Waals surface area contributed by atoms with Gasteiger partial charge in [0, 0.05) is 24.5 Å². The maximum absolute atomic E-state index is 13.1. The van der Waals surface area contributed by atoms with E-state index in [0.717, 1.165) is 19.3 Å². The highest BCUT2D eigenvalue weighted by atomic mass is 19.3. The normalized spacial score (nSPS) is 11.3. The Morgan fingerprint density at radius 3 is 2.58 bits per heavy atom. The first-order valence-corrected chi connectivity index (χ1v) is 6.47. The number of halogens is 3. The molecule has 0 atom stereocenters. The number of hydrogen-bond acceptors (Lipinski definition) is 5. The Balaban J connectivity index is 2.84. The van der Waals surface area contributed by atoms with Crippen LogP contribution >= 0.6 is 0 Å². The number of aromatic nitrogens is 1. The predicted octanol–water partition coefficient (Wildman–Crippen LogP) is 0.585. The Morgan fingerprint density at radius 1 is 1.50 bits per heavy atom. The number of nitrogens with zero attached hydrogens (tertiary/aromatic N) is 1. The van der Waals surface area contributed by atoms with Crippen LogP contribution in [-0.2, 0) is 0 Å². The standard InChI is InChI=1S/C13H15F3N6O2/c1-6(18)22(13(15)16)10(19)8(3-17)5-20-11(23)7-2-9(14)12(24)21-4-7/h2-4,13,18-19H,5,17H2,1H3,(H,20,23)(H,21,24). The summed E-state index contributed by atoms with van der Waals surface area (Å²) in [6, 6.07) is 0.707. The van der Waals surface area contributed by atoms with E-state index >= 15 is 0 Å². The minimum Gasteiger partial charge on any atom is -0.404 e. The summed E-state index contributed by atoms with van der Waals surface area (Å²) in [4.78, 5) is 24.9. The summed E-state index contributed by atoms with van der Waals surface area (Å²) in [6.45, 7) is -2.48. The Hall–Kier alpha value is -3.11. The van der Waals surface area contributed by atoms with Crippen LogP contribution in [0.4, 0.5) is 13.2 Å². The van der Waals surface area contributed by atoms with Gasteiger partial charge in [-0.15, -0.1) is 0 Å². The van der Waals surface area contributed by atoms with E-state index < -0.39 is 42.0 Å². The second-order valence-corrected chi connectivity index (χ2v) is 4.52. The van der Waals surface area contributed by atoms with Crippen LogP contribution in [0.3, 0.4) is 0 Å². The van der Waals surface area contributed by atoms with Crippen molar-refractivity contribution in [1.29, 1.82) is 10.8 Å². The van der Waals surface area contributed by atoms with Gasteiger partial charge in [0.05, 0.1) is 5.56 Å². The molecule has 6 N–H and O–H groups in total. The number of carbonyl (C=O) groups is 1. The number of alkyl halides is 2. The van der Waals surface area contributed by atoms with Crippen molar-refractivity contribution >= 4 is 17.6 Å². The molecule has 8 nitrogen and oxygen atoms in total. The topological polar surface area (TPSA) is 139 Å². The van der Waals surface area contributed by atoms with E-state index in [-0.39, 0.29) is 16.0 Å². The quantitative estimate of drug-likeness (QED) is 0.303. The number of amides is 1. The van der Waals surface area contributed by atoms with Gasteiger partial charge in [-0.1, -0.05) is 0 Å². The lowest BCUT2D eigenvalue weighted by Gasteiger charge is -2.24. The van der Waals surface area contributed by atoms with Gasteiger partial charge < -0.3 is 16.0 Å². The van der Waals surface area contributed by atoms with Crippen molar-refractivity contribution in [2.75, 3.05) is 6.54 Å². The van der Waals surface area contributed by atoms with E-state index in [4.69, 9.17) is 16.6 Å². The maximum atomic E-state index is 13.1. The first-order chi connectivity index (χ1) is 11.2. The van der Waals surface area contributed by atoms with E-state index in [2.05, 4.69) is 5.32 Å². The van der Waals surface area contributed by atoms with Crippen molar-refractivity contribution in [3.63, 3.8) is 0 Å². The van der Waals surface area contributed by atoms with Gasteiger partial charge in [0.2, 0.25) is 0 Å². The highest BCUT2D eigenvalue weighted by Gasteiger charge is 2.24. The SMILES string of the molecule is CC(=N)N(C(=N)C(=CN)CNC(=O)c1c[nH]c(=O)c(F)c1)C(F)F. The number of hydrogen-bond donors (Lipinski definition) is 5. The van der Waals surface area contributed by atoms with Crippen molar-refractivity contribution in [3.8, 4) is 0 Å². The molecule has 0 radical (unpaired) electrons. The average Bonchev–Trinajstić information content (AvgIpc) is 2.49. The fourth-order valence-corrected chi connectivity index (χ4v) is 1.65. The number of rotatable bonds is 5. The molecular weight excluding hydrogens is 329 g/mol. The van der Waals surface area contributed by atoms with Crippen LogP contribution in [0.1, 0.15) is 17.3 Å². The van der Waals surface area contributed by atoms with Gasteiger partial charge in [0.1, 0.15) is 11.7 Å². The molecule has 0 aliphatic rings. The molecule has 0 unspecified atom stereocenters. The second-order valence-electron chi connectivity index (χ2n) is 4.52. The summed E-state index contributed by atoms with van der Waals surface area (Å²) in [6.07, 6.45) is 1.82. The van der Waals surface area contributed by atoms with E-state index in [9.17, 15) is 22.8 Å². The molecule has 11 heteroatoms.